The van der Waals surface area contributed by atoms with E-state index >= 15 is 0 Å². The lowest BCUT2D eigenvalue weighted by Gasteiger charge is -2.39. The third-order valence-corrected chi connectivity index (χ3v) is 4.14. The van der Waals surface area contributed by atoms with Crippen LogP contribution in [0.4, 0.5) is 0 Å². The highest BCUT2D eigenvalue weighted by molar-refractivity contribution is 6.25. The van der Waals surface area contributed by atoms with Gasteiger partial charge >= 0.3 is 0 Å². The normalized spacial score (nSPS) is 32.6. The Bertz CT molecular complexity index is 739. The number of ether oxygens (including phenoxy) is 2. The average molecular weight is 352 g/mol. The molecule has 1 aromatic rings. The summed E-state index contributed by atoms with van der Waals surface area (Å²) in [5, 5.41) is 48.6. The van der Waals surface area contributed by atoms with Gasteiger partial charge in [0, 0.05) is 11.1 Å². The highest BCUT2D eigenvalue weighted by Crippen LogP contribution is 2.30. The molecule has 134 valence electrons. The third kappa shape index (κ3) is 2.81. The molecule has 1 heterocycles. The molecule has 25 heavy (non-hydrogen) atoms. The molecule has 0 radical (unpaired) electrons. The second-order valence-corrected chi connectivity index (χ2v) is 5.70. The summed E-state index contributed by atoms with van der Waals surface area (Å²) in [7, 11) is 0. The van der Waals surface area contributed by atoms with Crippen LogP contribution in [-0.4, -0.2) is 74.4 Å². The van der Waals surface area contributed by atoms with Crippen LogP contribution in [0.1, 0.15) is 20.7 Å². The zero-order chi connectivity index (χ0) is 18.3. The zero-order valence-electron chi connectivity index (χ0n) is 12.8. The van der Waals surface area contributed by atoms with Crippen LogP contribution in [0.2, 0.25) is 0 Å². The third-order valence-electron chi connectivity index (χ3n) is 4.14. The van der Waals surface area contributed by atoms with Gasteiger partial charge in [-0.3, -0.25) is 9.59 Å². The fourth-order valence-corrected chi connectivity index (χ4v) is 2.73. The summed E-state index contributed by atoms with van der Waals surface area (Å²) in [5.41, 5.74) is 0.0102. The van der Waals surface area contributed by atoms with Crippen molar-refractivity contribution in [3.8, 4) is 0 Å². The standard InChI is InChI=1S/C16H16O9/c17-5-8-11(20)12(21)14(23)16(24-8)25-15-10(19)7-4-2-1-3-6(7)9(18)13(15)22/h1-4,8,11-12,14,16-17,20-23H,5H2/t8-,11+,12+,14-,16-/m1/s1. The first kappa shape index (κ1) is 17.5. The van der Waals surface area contributed by atoms with Crippen LogP contribution in [-0.2, 0) is 9.47 Å². The number of allylic oxidation sites excluding steroid dienone is 2. The molecule has 0 saturated carbocycles. The number of rotatable bonds is 3. The first-order valence-electron chi connectivity index (χ1n) is 7.45. The Hall–Kier alpha value is -2.30. The monoisotopic (exact) mass is 352 g/mol. The quantitative estimate of drug-likeness (QED) is 0.444. The number of ketones is 2. The van der Waals surface area contributed by atoms with Crippen LogP contribution >= 0.6 is 0 Å². The molecule has 0 unspecified atom stereocenters. The molecule has 9 nitrogen and oxygen atoms in total. The summed E-state index contributed by atoms with van der Waals surface area (Å²) in [4.78, 5) is 24.6. The summed E-state index contributed by atoms with van der Waals surface area (Å²) in [5.74, 6) is -3.34. The van der Waals surface area contributed by atoms with Crippen molar-refractivity contribution in [1.29, 1.82) is 0 Å². The summed E-state index contributed by atoms with van der Waals surface area (Å²) in [6.45, 7) is -0.689. The van der Waals surface area contributed by atoms with E-state index in [2.05, 4.69) is 0 Å². The van der Waals surface area contributed by atoms with Crippen molar-refractivity contribution in [2.45, 2.75) is 30.7 Å². The smallest absolute Gasteiger partial charge is 0.232 e. The molecule has 3 rings (SSSR count). The van der Waals surface area contributed by atoms with Crippen LogP contribution in [0.25, 0.3) is 0 Å². The molecule has 1 aromatic carbocycles. The van der Waals surface area contributed by atoms with Crippen molar-refractivity contribution in [3.63, 3.8) is 0 Å². The Morgan fingerprint density at radius 2 is 1.56 bits per heavy atom. The van der Waals surface area contributed by atoms with Gasteiger partial charge in [0.15, 0.2) is 0 Å². The summed E-state index contributed by atoms with van der Waals surface area (Å²) in [6, 6.07) is 5.80. The van der Waals surface area contributed by atoms with E-state index in [1.165, 1.54) is 24.3 Å². The molecule has 1 aliphatic heterocycles. The van der Waals surface area contributed by atoms with E-state index in [0.717, 1.165) is 0 Å². The number of carbonyl (C=O) groups is 2. The molecule has 0 amide bonds. The lowest BCUT2D eigenvalue weighted by atomic mass is 9.92. The van der Waals surface area contributed by atoms with Crippen LogP contribution in [0.5, 0.6) is 0 Å². The van der Waals surface area contributed by atoms with E-state index in [4.69, 9.17) is 14.6 Å². The number of aliphatic hydroxyl groups is 5. The zero-order valence-corrected chi connectivity index (χ0v) is 12.8. The summed E-state index contributed by atoms with van der Waals surface area (Å²) < 4.78 is 10.3. The van der Waals surface area contributed by atoms with Gasteiger partial charge in [-0.15, -0.1) is 0 Å². The highest BCUT2D eigenvalue weighted by atomic mass is 16.7. The molecule has 0 spiro atoms. The lowest BCUT2D eigenvalue weighted by molar-refractivity contribution is -0.290. The Balaban J connectivity index is 1.91. The van der Waals surface area contributed by atoms with Crippen molar-refractivity contribution in [1.82, 2.24) is 0 Å². The number of benzene rings is 1. The van der Waals surface area contributed by atoms with Crippen molar-refractivity contribution >= 4 is 11.6 Å². The van der Waals surface area contributed by atoms with Gasteiger partial charge in [0.2, 0.25) is 29.4 Å². The number of aliphatic hydroxyl groups excluding tert-OH is 5. The molecule has 1 saturated heterocycles. The molecule has 0 bridgehead atoms. The first-order chi connectivity index (χ1) is 11.9. The van der Waals surface area contributed by atoms with E-state index in [1.807, 2.05) is 0 Å². The van der Waals surface area contributed by atoms with Gasteiger partial charge in [0.05, 0.1) is 6.61 Å². The van der Waals surface area contributed by atoms with Gasteiger partial charge in [0.25, 0.3) is 0 Å². The molecule has 5 atom stereocenters. The predicted molar refractivity (Wildman–Crippen MR) is 79.6 cm³/mol. The maximum Gasteiger partial charge on any atom is 0.232 e. The van der Waals surface area contributed by atoms with Gasteiger partial charge in [-0.05, 0) is 0 Å². The number of Topliss-reactive ketones (excluding diaryl/α,β-unsaturated/α-hetero) is 2. The lowest BCUT2D eigenvalue weighted by Crippen LogP contribution is -2.59. The Labute approximate surface area is 141 Å². The maximum absolute atomic E-state index is 12.5. The van der Waals surface area contributed by atoms with Crippen LogP contribution < -0.4 is 0 Å². The molecule has 2 aliphatic rings. The number of hydrogen-bond acceptors (Lipinski definition) is 9. The molecule has 1 aliphatic carbocycles. The van der Waals surface area contributed by atoms with E-state index in [1.54, 1.807) is 0 Å². The van der Waals surface area contributed by atoms with E-state index in [9.17, 15) is 30.0 Å². The Morgan fingerprint density at radius 3 is 2.16 bits per heavy atom. The highest BCUT2D eigenvalue weighted by Gasteiger charge is 2.46. The van der Waals surface area contributed by atoms with Crippen molar-refractivity contribution < 1.29 is 44.6 Å². The topological polar surface area (TPSA) is 154 Å². The van der Waals surface area contributed by atoms with Gasteiger partial charge in [-0.1, -0.05) is 24.3 Å². The van der Waals surface area contributed by atoms with E-state index in [-0.39, 0.29) is 11.1 Å². The second kappa shape index (κ2) is 6.54. The molecule has 5 N–H and O–H groups in total. The molecule has 1 fully saturated rings. The minimum Gasteiger partial charge on any atom is -0.501 e. The largest absolute Gasteiger partial charge is 0.501 e. The number of hydrogen-bond donors (Lipinski definition) is 5. The number of fused-ring (bicyclic) bond motifs is 1. The average Bonchev–Trinajstić information content (AvgIpc) is 2.63. The SMILES string of the molecule is O=C1C(O)=C(O[C@H]2O[C@H](CO)[C@H](O)[C@H](O)[C@H]2O)C(=O)c2ccccc21. The van der Waals surface area contributed by atoms with Crippen molar-refractivity contribution in [2.75, 3.05) is 6.61 Å². The molecular formula is C16H16O9. The fourth-order valence-electron chi connectivity index (χ4n) is 2.73. The van der Waals surface area contributed by atoms with Crippen LogP contribution in [0, 0.1) is 0 Å². The number of carbonyl (C=O) groups excluding carboxylic acids is 2. The molecule has 9 heteroatoms. The van der Waals surface area contributed by atoms with Gasteiger partial charge in [-0.2, -0.15) is 0 Å². The van der Waals surface area contributed by atoms with Gasteiger partial charge in [0.1, 0.15) is 24.4 Å². The predicted octanol–water partition coefficient (Wildman–Crippen LogP) is -1.35. The van der Waals surface area contributed by atoms with Gasteiger partial charge < -0.3 is 35.0 Å². The second-order valence-electron chi connectivity index (χ2n) is 5.70. The minimum atomic E-state index is -1.78. The molecular weight excluding hydrogens is 336 g/mol. The Kier molecular flexibility index (Phi) is 4.58. The van der Waals surface area contributed by atoms with Gasteiger partial charge in [-0.25, -0.2) is 0 Å². The first-order valence-corrected chi connectivity index (χ1v) is 7.45. The maximum atomic E-state index is 12.5. The summed E-state index contributed by atoms with van der Waals surface area (Å²) >= 11 is 0. The van der Waals surface area contributed by atoms with Crippen LogP contribution in [0.3, 0.4) is 0 Å². The van der Waals surface area contributed by atoms with Crippen LogP contribution in [0.15, 0.2) is 35.8 Å². The van der Waals surface area contributed by atoms with E-state index < -0.39 is 60.4 Å². The fraction of sp³-hybridized carbons (Fsp3) is 0.375. The van der Waals surface area contributed by atoms with Crippen molar-refractivity contribution in [3.05, 3.63) is 46.9 Å². The summed E-state index contributed by atoms with van der Waals surface area (Å²) in [6.07, 6.45) is -8.05. The Morgan fingerprint density at radius 1 is 0.960 bits per heavy atom. The van der Waals surface area contributed by atoms with E-state index in [0.29, 0.717) is 0 Å². The minimum absolute atomic E-state index is 0.00453. The van der Waals surface area contributed by atoms with Crippen molar-refractivity contribution in [2.24, 2.45) is 0 Å². The molecule has 0 aromatic heterocycles.